The number of hydrogen-bond acceptors (Lipinski definition) is 4. The topological polar surface area (TPSA) is 38.7 Å². The van der Waals surface area contributed by atoms with Crippen molar-refractivity contribution in [3.63, 3.8) is 0 Å². The van der Waals surface area contributed by atoms with E-state index in [1.165, 1.54) is 45.3 Å². The van der Waals surface area contributed by atoms with Crippen molar-refractivity contribution in [2.24, 2.45) is 0 Å². The predicted octanol–water partition coefficient (Wildman–Crippen LogP) is 1.30. The van der Waals surface area contributed by atoms with Gasteiger partial charge in [0.25, 0.3) is 0 Å². The lowest BCUT2D eigenvalue weighted by atomic mass is 9.98. The molecule has 2 atom stereocenters. The average Bonchev–Trinajstić information content (AvgIpc) is 3.13. The van der Waals surface area contributed by atoms with Crippen LogP contribution < -0.4 is 5.32 Å². The number of aliphatic hydroxyl groups is 1. The van der Waals surface area contributed by atoms with Crippen LogP contribution in [0.1, 0.15) is 46.0 Å². The van der Waals surface area contributed by atoms with Crippen LogP contribution in [0.5, 0.6) is 0 Å². The number of hydrogen-bond donors (Lipinski definition) is 2. The van der Waals surface area contributed by atoms with Gasteiger partial charge in [-0.25, -0.2) is 0 Å². The molecule has 0 bridgehead atoms. The van der Waals surface area contributed by atoms with Gasteiger partial charge >= 0.3 is 0 Å². The molecule has 20 heavy (non-hydrogen) atoms. The molecular weight excluding hydrogens is 250 g/mol. The highest BCUT2D eigenvalue weighted by atomic mass is 16.3. The van der Waals surface area contributed by atoms with E-state index < -0.39 is 0 Å². The third-order valence-corrected chi connectivity index (χ3v) is 4.95. The molecule has 0 aromatic carbocycles. The Hall–Kier alpha value is -0.160. The SMILES string of the molecule is CCN1CCCC1CN(C)CCC(C)(CO)NC1CC1. The smallest absolute Gasteiger partial charge is 0.0611 e. The molecule has 2 fully saturated rings. The van der Waals surface area contributed by atoms with E-state index in [-0.39, 0.29) is 12.1 Å². The summed E-state index contributed by atoms with van der Waals surface area (Å²) in [6.45, 7) is 9.34. The standard InChI is InChI=1S/C16H33N3O/c1-4-19-10-5-6-15(19)12-18(3)11-9-16(2,13-20)17-14-7-8-14/h14-15,17,20H,4-13H2,1-3H3. The third-order valence-electron chi connectivity index (χ3n) is 4.95. The Kier molecular flexibility index (Phi) is 5.84. The molecule has 0 radical (unpaired) electrons. The van der Waals surface area contributed by atoms with Crippen LogP contribution in [-0.2, 0) is 0 Å². The molecule has 0 aromatic rings. The van der Waals surface area contributed by atoms with Crippen molar-refractivity contribution < 1.29 is 5.11 Å². The van der Waals surface area contributed by atoms with E-state index in [9.17, 15) is 5.11 Å². The van der Waals surface area contributed by atoms with E-state index in [1.807, 2.05) is 0 Å². The Labute approximate surface area is 124 Å². The van der Waals surface area contributed by atoms with Gasteiger partial charge in [-0.1, -0.05) is 6.92 Å². The first-order valence-electron chi connectivity index (χ1n) is 8.37. The summed E-state index contributed by atoms with van der Waals surface area (Å²) in [5.41, 5.74) is -0.102. The summed E-state index contributed by atoms with van der Waals surface area (Å²) < 4.78 is 0. The van der Waals surface area contributed by atoms with E-state index in [4.69, 9.17) is 0 Å². The molecule has 1 aliphatic carbocycles. The Bertz CT molecular complexity index is 295. The summed E-state index contributed by atoms with van der Waals surface area (Å²) in [6.07, 6.45) is 6.27. The number of nitrogens with one attached hydrogen (secondary N) is 1. The first kappa shape index (κ1) is 16.2. The van der Waals surface area contributed by atoms with Crippen LogP contribution in [0.25, 0.3) is 0 Å². The molecule has 2 aliphatic rings. The van der Waals surface area contributed by atoms with E-state index >= 15 is 0 Å². The van der Waals surface area contributed by atoms with Gasteiger partial charge in [-0.3, -0.25) is 4.90 Å². The lowest BCUT2D eigenvalue weighted by Crippen LogP contribution is -2.49. The minimum Gasteiger partial charge on any atom is -0.394 e. The van der Waals surface area contributed by atoms with Crippen LogP contribution in [-0.4, -0.2) is 72.4 Å². The fourth-order valence-electron chi connectivity index (χ4n) is 3.32. The van der Waals surface area contributed by atoms with Crippen LogP contribution >= 0.6 is 0 Å². The molecule has 0 spiro atoms. The maximum Gasteiger partial charge on any atom is 0.0611 e. The second-order valence-electron chi connectivity index (χ2n) is 7.07. The number of aliphatic hydroxyl groups excluding tert-OH is 1. The van der Waals surface area contributed by atoms with E-state index in [0.29, 0.717) is 6.04 Å². The van der Waals surface area contributed by atoms with Gasteiger partial charge in [0.1, 0.15) is 0 Å². The van der Waals surface area contributed by atoms with Crippen molar-refractivity contribution in [2.45, 2.75) is 63.6 Å². The summed E-state index contributed by atoms with van der Waals surface area (Å²) >= 11 is 0. The minimum absolute atomic E-state index is 0.102. The van der Waals surface area contributed by atoms with E-state index in [1.54, 1.807) is 0 Å². The lowest BCUT2D eigenvalue weighted by Gasteiger charge is -2.33. The molecule has 118 valence electrons. The molecule has 1 aliphatic heterocycles. The molecule has 0 amide bonds. The summed E-state index contributed by atoms with van der Waals surface area (Å²) in [5, 5.41) is 13.2. The summed E-state index contributed by atoms with van der Waals surface area (Å²) in [5.74, 6) is 0. The van der Waals surface area contributed by atoms with Crippen molar-refractivity contribution in [3.05, 3.63) is 0 Å². The molecule has 4 heteroatoms. The van der Waals surface area contributed by atoms with Crippen molar-refractivity contribution >= 4 is 0 Å². The van der Waals surface area contributed by atoms with Gasteiger partial charge < -0.3 is 15.3 Å². The Morgan fingerprint density at radius 1 is 1.35 bits per heavy atom. The fraction of sp³-hybridized carbons (Fsp3) is 1.00. The van der Waals surface area contributed by atoms with Crippen LogP contribution in [0.4, 0.5) is 0 Å². The maximum atomic E-state index is 9.65. The molecule has 1 saturated carbocycles. The van der Waals surface area contributed by atoms with Gasteiger partial charge in [-0.15, -0.1) is 0 Å². The van der Waals surface area contributed by atoms with E-state index in [0.717, 1.165) is 19.0 Å². The lowest BCUT2D eigenvalue weighted by molar-refractivity contribution is 0.139. The first-order chi connectivity index (χ1) is 9.56. The largest absolute Gasteiger partial charge is 0.394 e. The Morgan fingerprint density at radius 3 is 2.70 bits per heavy atom. The first-order valence-corrected chi connectivity index (χ1v) is 8.37. The second kappa shape index (κ2) is 7.21. The summed E-state index contributed by atoms with van der Waals surface area (Å²) in [4.78, 5) is 5.05. The molecular formula is C16H33N3O. The molecule has 0 aromatic heterocycles. The minimum atomic E-state index is -0.102. The summed E-state index contributed by atoms with van der Waals surface area (Å²) in [6, 6.07) is 1.39. The van der Waals surface area contributed by atoms with Gasteiger partial charge in [0.2, 0.25) is 0 Å². The van der Waals surface area contributed by atoms with Crippen LogP contribution in [0.2, 0.25) is 0 Å². The quantitative estimate of drug-likeness (QED) is 0.669. The van der Waals surface area contributed by atoms with Gasteiger partial charge in [0.05, 0.1) is 6.61 Å². The number of likely N-dealkylation sites (N-methyl/N-ethyl adjacent to an activating group) is 2. The van der Waals surface area contributed by atoms with Crippen molar-refractivity contribution in [1.82, 2.24) is 15.1 Å². The molecule has 2 rings (SSSR count). The molecule has 1 saturated heterocycles. The van der Waals surface area contributed by atoms with Crippen LogP contribution in [0, 0.1) is 0 Å². The monoisotopic (exact) mass is 283 g/mol. The van der Waals surface area contributed by atoms with Crippen molar-refractivity contribution in [1.29, 1.82) is 0 Å². The number of likely N-dealkylation sites (tertiary alicyclic amines) is 1. The zero-order valence-corrected chi connectivity index (χ0v) is 13.6. The number of rotatable bonds is 9. The molecule has 2 unspecified atom stereocenters. The highest BCUT2D eigenvalue weighted by Crippen LogP contribution is 2.24. The van der Waals surface area contributed by atoms with Crippen molar-refractivity contribution in [3.8, 4) is 0 Å². The molecule has 2 N–H and O–H groups in total. The highest BCUT2D eigenvalue weighted by Gasteiger charge is 2.32. The van der Waals surface area contributed by atoms with Crippen LogP contribution in [0.15, 0.2) is 0 Å². The highest BCUT2D eigenvalue weighted by molar-refractivity contribution is 4.93. The van der Waals surface area contributed by atoms with Crippen LogP contribution in [0.3, 0.4) is 0 Å². The number of nitrogens with zero attached hydrogens (tertiary/aromatic N) is 2. The Balaban J connectivity index is 1.71. The van der Waals surface area contributed by atoms with Gasteiger partial charge in [0.15, 0.2) is 0 Å². The maximum absolute atomic E-state index is 9.65. The molecule has 4 nitrogen and oxygen atoms in total. The predicted molar refractivity (Wildman–Crippen MR) is 84.0 cm³/mol. The second-order valence-corrected chi connectivity index (χ2v) is 7.07. The van der Waals surface area contributed by atoms with E-state index in [2.05, 4.69) is 36.0 Å². The zero-order chi connectivity index (χ0) is 14.6. The Morgan fingerprint density at radius 2 is 2.10 bits per heavy atom. The average molecular weight is 283 g/mol. The van der Waals surface area contributed by atoms with Gasteiger partial charge in [-0.2, -0.15) is 0 Å². The third kappa shape index (κ3) is 4.69. The molecule has 1 heterocycles. The normalized spacial score (nSPS) is 27.1. The van der Waals surface area contributed by atoms with Gasteiger partial charge in [0, 0.05) is 24.2 Å². The summed E-state index contributed by atoms with van der Waals surface area (Å²) in [7, 11) is 2.22. The fourth-order valence-corrected chi connectivity index (χ4v) is 3.32. The van der Waals surface area contributed by atoms with Gasteiger partial charge in [-0.05, 0) is 65.7 Å². The zero-order valence-electron chi connectivity index (χ0n) is 13.6. The van der Waals surface area contributed by atoms with Crippen molar-refractivity contribution in [2.75, 3.05) is 39.8 Å².